The van der Waals surface area contributed by atoms with Gasteiger partial charge in [0.05, 0.1) is 12.7 Å². The fraction of sp³-hybridized carbons (Fsp3) is 0.538. The van der Waals surface area contributed by atoms with E-state index in [4.69, 9.17) is 10.5 Å². The lowest BCUT2D eigenvalue weighted by Gasteiger charge is -2.18. The van der Waals surface area contributed by atoms with Crippen molar-refractivity contribution in [2.24, 2.45) is 5.73 Å². The van der Waals surface area contributed by atoms with Crippen LogP contribution in [0.1, 0.15) is 12.0 Å². The van der Waals surface area contributed by atoms with Gasteiger partial charge in [0.15, 0.2) is 0 Å². The van der Waals surface area contributed by atoms with Crippen molar-refractivity contribution in [2.75, 3.05) is 31.1 Å². The van der Waals surface area contributed by atoms with Gasteiger partial charge in [0, 0.05) is 25.3 Å². The van der Waals surface area contributed by atoms with Gasteiger partial charge in [-0.1, -0.05) is 17.7 Å². The predicted molar refractivity (Wildman–Crippen MR) is 66.8 cm³/mol. The molecule has 88 valence electrons. The van der Waals surface area contributed by atoms with Crippen molar-refractivity contribution in [3.63, 3.8) is 0 Å². The van der Waals surface area contributed by atoms with E-state index in [9.17, 15) is 0 Å². The third kappa shape index (κ3) is 2.74. The first-order valence-electron chi connectivity index (χ1n) is 5.93. The second kappa shape index (κ2) is 5.32. The Hall–Kier alpha value is -1.06. The van der Waals surface area contributed by atoms with Gasteiger partial charge in [-0.3, -0.25) is 0 Å². The number of hydrogen-bond acceptors (Lipinski definition) is 3. The van der Waals surface area contributed by atoms with E-state index in [-0.39, 0.29) is 0 Å². The maximum Gasteiger partial charge on any atom is 0.0767 e. The van der Waals surface area contributed by atoms with Crippen LogP contribution in [-0.2, 0) is 4.74 Å². The van der Waals surface area contributed by atoms with E-state index in [2.05, 4.69) is 36.1 Å². The quantitative estimate of drug-likeness (QED) is 0.836. The first-order chi connectivity index (χ1) is 7.79. The Kier molecular flexibility index (Phi) is 3.80. The molecule has 2 N–H and O–H groups in total. The van der Waals surface area contributed by atoms with E-state index in [0.29, 0.717) is 19.3 Å². The van der Waals surface area contributed by atoms with Gasteiger partial charge in [-0.05, 0) is 25.5 Å². The van der Waals surface area contributed by atoms with E-state index in [0.717, 1.165) is 19.5 Å². The van der Waals surface area contributed by atoms with Gasteiger partial charge in [0.25, 0.3) is 0 Å². The molecule has 1 atom stereocenters. The van der Waals surface area contributed by atoms with E-state index >= 15 is 0 Å². The topological polar surface area (TPSA) is 38.5 Å². The standard InChI is InChI=1S/C13H20N2O/c1-11-2-4-12(5-3-11)15-8-6-13(10-15)16-9-7-14/h2-5,13H,6-10,14H2,1H3/t13-/m0/s1. The molecule has 0 aliphatic carbocycles. The van der Waals surface area contributed by atoms with E-state index in [1.165, 1.54) is 11.3 Å². The van der Waals surface area contributed by atoms with E-state index < -0.39 is 0 Å². The smallest absolute Gasteiger partial charge is 0.0767 e. The molecule has 0 aromatic heterocycles. The summed E-state index contributed by atoms with van der Waals surface area (Å²) in [4.78, 5) is 2.38. The Balaban J connectivity index is 1.90. The van der Waals surface area contributed by atoms with Crippen molar-refractivity contribution in [1.82, 2.24) is 0 Å². The van der Waals surface area contributed by atoms with Crippen molar-refractivity contribution in [1.29, 1.82) is 0 Å². The van der Waals surface area contributed by atoms with Crippen molar-refractivity contribution in [3.8, 4) is 0 Å². The Labute approximate surface area is 97.2 Å². The lowest BCUT2D eigenvalue weighted by Crippen LogP contribution is -2.24. The average molecular weight is 220 g/mol. The molecule has 3 nitrogen and oxygen atoms in total. The van der Waals surface area contributed by atoms with Gasteiger partial charge in [0.1, 0.15) is 0 Å². The van der Waals surface area contributed by atoms with Crippen LogP contribution in [0.2, 0.25) is 0 Å². The van der Waals surface area contributed by atoms with Crippen LogP contribution in [0.4, 0.5) is 5.69 Å². The van der Waals surface area contributed by atoms with Crippen LogP contribution >= 0.6 is 0 Å². The summed E-state index contributed by atoms with van der Waals surface area (Å²) in [7, 11) is 0. The molecule has 1 aliphatic heterocycles. The zero-order chi connectivity index (χ0) is 11.4. The Morgan fingerprint density at radius 1 is 1.38 bits per heavy atom. The van der Waals surface area contributed by atoms with Crippen LogP contribution in [0.3, 0.4) is 0 Å². The monoisotopic (exact) mass is 220 g/mol. The van der Waals surface area contributed by atoms with Gasteiger partial charge in [-0.25, -0.2) is 0 Å². The molecule has 1 saturated heterocycles. The lowest BCUT2D eigenvalue weighted by atomic mass is 10.2. The minimum absolute atomic E-state index is 0.352. The van der Waals surface area contributed by atoms with Crippen LogP contribution in [0.15, 0.2) is 24.3 Å². The number of aryl methyl sites for hydroxylation is 1. The molecule has 3 heteroatoms. The number of nitrogens with two attached hydrogens (primary N) is 1. The number of benzene rings is 1. The molecule has 1 heterocycles. The zero-order valence-corrected chi connectivity index (χ0v) is 9.86. The first kappa shape index (κ1) is 11.4. The van der Waals surface area contributed by atoms with Gasteiger partial charge < -0.3 is 15.4 Å². The van der Waals surface area contributed by atoms with Crippen molar-refractivity contribution < 1.29 is 4.74 Å². The molecule has 1 fully saturated rings. The van der Waals surface area contributed by atoms with Gasteiger partial charge in [-0.2, -0.15) is 0 Å². The summed E-state index contributed by atoms with van der Waals surface area (Å²) in [6.45, 7) is 5.47. The third-order valence-corrected chi connectivity index (χ3v) is 3.02. The van der Waals surface area contributed by atoms with Crippen molar-refractivity contribution in [3.05, 3.63) is 29.8 Å². The Bertz CT molecular complexity index is 323. The van der Waals surface area contributed by atoms with Crippen molar-refractivity contribution >= 4 is 5.69 Å². The molecule has 1 aromatic carbocycles. The average Bonchev–Trinajstić information content (AvgIpc) is 2.76. The molecule has 16 heavy (non-hydrogen) atoms. The van der Waals surface area contributed by atoms with E-state index in [1.54, 1.807) is 0 Å². The van der Waals surface area contributed by atoms with Gasteiger partial charge in [-0.15, -0.1) is 0 Å². The molecule has 0 spiro atoms. The maximum atomic E-state index is 5.66. The Morgan fingerprint density at radius 3 is 2.81 bits per heavy atom. The summed E-state index contributed by atoms with van der Waals surface area (Å²) in [6, 6.07) is 8.67. The SMILES string of the molecule is Cc1ccc(N2CC[C@H](OCCN)C2)cc1. The highest BCUT2D eigenvalue weighted by Gasteiger charge is 2.22. The zero-order valence-electron chi connectivity index (χ0n) is 9.86. The second-order valence-electron chi connectivity index (χ2n) is 4.35. The molecule has 1 aromatic rings. The van der Waals surface area contributed by atoms with Crippen molar-refractivity contribution in [2.45, 2.75) is 19.4 Å². The van der Waals surface area contributed by atoms with Crippen LogP contribution in [0, 0.1) is 6.92 Å². The molecular weight excluding hydrogens is 200 g/mol. The molecule has 0 bridgehead atoms. The first-order valence-corrected chi connectivity index (χ1v) is 5.93. The fourth-order valence-corrected chi connectivity index (χ4v) is 2.09. The molecule has 0 unspecified atom stereocenters. The number of hydrogen-bond donors (Lipinski definition) is 1. The molecular formula is C13H20N2O. The minimum Gasteiger partial charge on any atom is -0.375 e. The lowest BCUT2D eigenvalue weighted by molar-refractivity contribution is 0.0742. The van der Waals surface area contributed by atoms with Crippen LogP contribution in [0.5, 0.6) is 0 Å². The maximum absolute atomic E-state index is 5.66. The largest absolute Gasteiger partial charge is 0.375 e. The normalized spacial score (nSPS) is 20.4. The highest BCUT2D eigenvalue weighted by atomic mass is 16.5. The number of anilines is 1. The summed E-state index contributed by atoms with van der Waals surface area (Å²) in [5, 5.41) is 0. The molecule has 0 amide bonds. The van der Waals surface area contributed by atoms with Crippen LogP contribution < -0.4 is 10.6 Å². The highest BCUT2D eigenvalue weighted by Crippen LogP contribution is 2.21. The molecule has 0 radical (unpaired) electrons. The summed E-state index contributed by atoms with van der Waals surface area (Å²) < 4.78 is 5.66. The van der Waals surface area contributed by atoms with E-state index in [1.807, 2.05) is 0 Å². The minimum atomic E-state index is 0.352. The second-order valence-corrected chi connectivity index (χ2v) is 4.35. The third-order valence-electron chi connectivity index (χ3n) is 3.02. The highest BCUT2D eigenvalue weighted by molar-refractivity contribution is 5.48. The Morgan fingerprint density at radius 2 is 2.12 bits per heavy atom. The fourth-order valence-electron chi connectivity index (χ4n) is 2.09. The summed E-state index contributed by atoms with van der Waals surface area (Å²) in [5.41, 5.74) is 8.03. The number of ether oxygens (including phenoxy) is 1. The number of rotatable bonds is 4. The van der Waals surface area contributed by atoms with Crippen LogP contribution in [-0.4, -0.2) is 32.3 Å². The summed E-state index contributed by atoms with van der Waals surface area (Å²) in [5.74, 6) is 0. The molecule has 1 aliphatic rings. The molecule has 0 saturated carbocycles. The predicted octanol–water partition coefficient (Wildman–Crippen LogP) is 1.55. The van der Waals surface area contributed by atoms with Crippen LogP contribution in [0.25, 0.3) is 0 Å². The molecule has 2 rings (SSSR count). The summed E-state index contributed by atoms with van der Waals surface area (Å²) >= 11 is 0. The number of nitrogens with zero attached hydrogens (tertiary/aromatic N) is 1. The van der Waals surface area contributed by atoms with Gasteiger partial charge >= 0.3 is 0 Å². The van der Waals surface area contributed by atoms with Gasteiger partial charge in [0.2, 0.25) is 0 Å². The summed E-state index contributed by atoms with van der Waals surface area (Å²) in [6.07, 6.45) is 1.46.